The van der Waals surface area contributed by atoms with Crippen molar-refractivity contribution in [1.82, 2.24) is 4.57 Å². The molecule has 1 aliphatic carbocycles. The monoisotopic (exact) mass is 791 g/mol. The summed E-state index contributed by atoms with van der Waals surface area (Å²) in [5.74, 6) is 0. The van der Waals surface area contributed by atoms with Gasteiger partial charge in [-0.05, 0) is 79.3 Å². The predicted molar refractivity (Wildman–Crippen MR) is 219 cm³/mol. The SMILES string of the molecule is Brc1cc2c(c3oc4ccccc4c13)-c1c3oc4ccccc4c3c(Br)c3cccc(c13)C21c2ccccc2-n2c3ccccc3c3cccc1c32. The molecule has 1 aliphatic heterocycles. The van der Waals surface area contributed by atoms with E-state index in [1.165, 1.54) is 55.1 Å². The standard InChI is InChI=1S/C47H23Br2NO2/c48-33-23-32-41(45-39(33)26-12-2-7-21-36(26)51-45)42-38-28(43(49)40-27-13-3-8-22-37(27)52-46(40)42)15-10-17-30(38)47(32)29-16-4-6-20-35(29)50-34-19-5-1-11-24(34)25-14-9-18-31(47)44(25)50/h1-23H. The minimum Gasteiger partial charge on any atom is -0.455 e. The van der Waals surface area contributed by atoms with E-state index in [-0.39, 0.29) is 0 Å². The Balaban J connectivity index is 1.37. The third kappa shape index (κ3) is 3.02. The van der Waals surface area contributed by atoms with Gasteiger partial charge in [0, 0.05) is 52.4 Å². The number of nitrogens with zero attached hydrogens (tertiary/aromatic N) is 1. The van der Waals surface area contributed by atoms with Crippen LogP contribution in [0.1, 0.15) is 22.3 Å². The summed E-state index contributed by atoms with van der Waals surface area (Å²) >= 11 is 8.29. The lowest BCUT2D eigenvalue weighted by Gasteiger charge is -2.45. The van der Waals surface area contributed by atoms with Crippen molar-refractivity contribution in [1.29, 1.82) is 0 Å². The van der Waals surface area contributed by atoms with Crippen molar-refractivity contribution in [2.24, 2.45) is 0 Å². The molecule has 242 valence electrons. The van der Waals surface area contributed by atoms with E-state index >= 15 is 0 Å². The maximum atomic E-state index is 7.06. The summed E-state index contributed by atoms with van der Waals surface area (Å²) in [7, 11) is 0. The molecule has 3 aromatic heterocycles. The fourth-order valence-corrected chi connectivity index (χ4v) is 11.4. The smallest absolute Gasteiger partial charge is 0.145 e. The molecule has 0 radical (unpaired) electrons. The number of benzene rings is 8. The third-order valence-electron chi connectivity index (χ3n) is 11.9. The molecule has 0 amide bonds. The van der Waals surface area contributed by atoms with Crippen molar-refractivity contribution < 1.29 is 8.83 Å². The summed E-state index contributed by atoms with van der Waals surface area (Å²) in [6.45, 7) is 0. The fourth-order valence-electron chi connectivity index (χ4n) is 10.1. The van der Waals surface area contributed by atoms with Gasteiger partial charge in [-0.1, -0.05) is 125 Å². The molecule has 0 fully saturated rings. The van der Waals surface area contributed by atoms with Gasteiger partial charge >= 0.3 is 0 Å². The summed E-state index contributed by atoms with van der Waals surface area (Å²) in [5.41, 5.74) is 13.4. The molecule has 0 N–H and O–H groups in total. The highest BCUT2D eigenvalue weighted by atomic mass is 79.9. The van der Waals surface area contributed by atoms with Crippen molar-refractivity contribution in [2.45, 2.75) is 5.41 Å². The molecule has 0 bridgehead atoms. The van der Waals surface area contributed by atoms with Gasteiger partial charge < -0.3 is 13.4 Å². The summed E-state index contributed by atoms with van der Waals surface area (Å²) < 4.78 is 18.6. The van der Waals surface area contributed by atoms with Gasteiger partial charge in [0.1, 0.15) is 22.3 Å². The van der Waals surface area contributed by atoms with Gasteiger partial charge in [0.05, 0.1) is 22.1 Å². The van der Waals surface area contributed by atoms with E-state index in [1.54, 1.807) is 0 Å². The first-order valence-electron chi connectivity index (χ1n) is 17.5. The molecule has 4 heterocycles. The Kier molecular flexibility index (Phi) is 5.08. The first-order valence-corrected chi connectivity index (χ1v) is 19.1. The largest absolute Gasteiger partial charge is 0.455 e. The van der Waals surface area contributed by atoms with Crippen LogP contribution >= 0.6 is 31.9 Å². The van der Waals surface area contributed by atoms with Crippen LogP contribution in [0.4, 0.5) is 0 Å². The van der Waals surface area contributed by atoms with Gasteiger partial charge in [-0.3, -0.25) is 0 Å². The second kappa shape index (κ2) is 9.43. The fraction of sp³-hybridized carbons (Fsp3) is 0.0213. The minimum atomic E-state index is -0.697. The number of rotatable bonds is 0. The van der Waals surface area contributed by atoms with Crippen LogP contribution < -0.4 is 0 Å². The zero-order valence-electron chi connectivity index (χ0n) is 27.3. The lowest BCUT2D eigenvalue weighted by Crippen LogP contribution is -2.37. The van der Waals surface area contributed by atoms with Crippen LogP contribution in [-0.4, -0.2) is 4.57 Å². The van der Waals surface area contributed by atoms with Crippen molar-refractivity contribution in [3.8, 4) is 16.8 Å². The Hall–Kier alpha value is -5.62. The summed E-state index contributed by atoms with van der Waals surface area (Å²) in [5, 5.41) is 9.15. The predicted octanol–water partition coefficient (Wildman–Crippen LogP) is 13.9. The molecule has 3 nitrogen and oxygen atoms in total. The molecule has 0 saturated heterocycles. The van der Waals surface area contributed by atoms with E-state index in [9.17, 15) is 0 Å². The van der Waals surface area contributed by atoms with E-state index < -0.39 is 5.41 Å². The molecule has 5 heteroatoms. The highest BCUT2D eigenvalue weighted by molar-refractivity contribution is 9.11. The van der Waals surface area contributed by atoms with Gasteiger partial charge in [-0.2, -0.15) is 0 Å². The van der Waals surface area contributed by atoms with Crippen LogP contribution in [0.25, 0.3) is 93.3 Å². The van der Waals surface area contributed by atoms with E-state index in [0.717, 1.165) is 69.3 Å². The van der Waals surface area contributed by atoms with Crippen LogP contribution in [0.2, 0.25) is 0 Å². The summed E-state index contributed by atoms with van der Waals surface area (Å²) in [6.07, 6.45) is 0. The normalized spacial score (nSPS) is 16.0. The van der Waals surface area contributed by atoms with Crippen molar-refractivity contribution in [3.63, 3.8) is 0 Å². The van der Waals surface area contributed by atoms with E-state index in [2.05, 4.69) is 164 Å². The molecule has 52 heavy (non-hydrogen) atoms. The van der Waals surface area contributed by atoms with Gasteiger partial charge in [0.15, 0.2) is 0 Å². The number of aromatic nitrogens is 1. The Morgan fingerprint density at radius 1 is 0.462 bits per heavy atom. The lowest BCUT2D eigenvalue weighted by molar-refractivity contribution is 0.660. The zero-order valence-corrected chi connectivity index (χ0v) is 30.5. The number of hydrogen-bond acceptors (Lipinski definition) is 2. The van der Waals surface area contributed by atoms with Crippen molar-refractivity contribution in [3.05, 3.63) is 171 Å². The Morgan fingerprint density at radius 2 is 1.06 bits per heavy atom. The second-order valence-electron chi connectivity index (χ2n) is 14.1. The minimum absolute atomic E-state index is 0.697. The molecular weight excluding hydrogens is 770 g/mol. The molecule has 1 unspecified atom stereocenters. The van der Waals surface area contributed by atoms with Gasteiger partial charge in [0.2, 0.25) is 0 Å². The second-order valence-corrected chi connectivity index (χ2v) is 15.8. The van der Waals surface area contributed by atoms with E-state index in [0.29, 0.717) is 0 Å². The summed E-state index contributed by atoms with van der Waals surface area (Å²) in [6, 6.07) is 50.6. The maximum absolute atomic E-state index is 7.06. The number of fused-ring (bicyclic) bond motifs is 19. The number of hydrogen-bond donors (Lipinski definition) is 0. The van der Waals surface area contributed by atoms with E-state index in [1.807, 2.05) is 12.1 Å². The molecule has 13 rings (SSSR count). The lowest BCUT2D eigenvalue weighted by atomic mass is 9.58. The first-order chi connectivity index (χ1) is 25.7. The first kappa shape index (κ1) is 28.0. The Bertz CT molecular complexity index is 3450. The average molecular weight is 794 g/mol. The molecule has 1 atom stereocenters. The molecule has 11 aromatic rings. The summed E-state index contributed by atoms with van der Waals surface area (Å²) in [4.78, 5) is 0. The van der Waals surface area contributed by atoms with Crippen molar-refractivity contribution >= 4 is 108 Å². The maximum Gasteiger partial charge on any atom is 0.145 e. The number of para-hydroxylation sites is 5. The van der Waals surface area contributed by atoms with Gasteiger partial charge in [0.25, 0.3) is 0 Å². The molecule has 0 saturated carbocycles. The van der Waals surface area contributed by atoms with E-state index in [4.69, 9.17) is 8.83 Å². The quantitative estimate of drug-likeness (QED) is 0.153. The average Bonchev–Trinajstić information content (AvgIpc) is 3.87. The molecule has 1 spiro atoms. The zero-order chi connectivity index (χ0) is 34.0. The topological polar surface area (TPSA) is 31.2 Å². The van der Waals surface area contributed by atoms with Crippen LogP contribution in [0, 0.1) is 0 Å². The highest BCUT2D eigenvalue weighted by Gasteiger charge is 2.51. The molecule has 2 aliphatic rings. The van der Waals surface area contributed by atoms with Crippen LogP contribution in [-0.2, 0) is 5.41 Å². The van der Waals surface area contributed by atoms with Gasteiger partial charge in [-0.15, -0.1) is 0 Å². The van der Waals surface area contributed by atoms with Crippen LogP contribution in [0.3, 0.4) is 0 Å². The molecule has 8 aromatic carbocycles. The Morgan fingerprint density at radius 3 is 1.87 bits per heavy atom. The van der Waals surface area contributed by atoms with Gasteiger partial charge in [-0.25, -0.2) is 0 Å². The molecular formula is C47H23Br2NO2. The number of furan rings is 2. The Labute approximate surface area is 312 Å². The third-order valence-corrected chi connectivity index (χ3v) is 13.3. The van der Waals surface area contributed by atoms with Crippen molar-refractivity contribution in [2.75, 3.05) is 0 Å². The highest BCUT2D eigenvalue weighted by Crippen LogP contribution is 2.64. The number of halogens is 2. The van der Waals surface area contributed by atoms with Crippen LogP contribution in [0.5, 0.6) is 0 Å². The van der Waals surface area contributed by atoms with Crippen LogP contribution in [0.15, 0.2) is 157 Å².